The molecule has 4 heterocycles. The Morgan fingerprint density at radius 2 is 1.94 bits per heavy atom. The zero-order valence-corrected chi connectivity index (χ0v) is 17.6. The lowest BCUT2D eigenvalue weighted by molar-refractivity contribution is -0.102. The fraction of sp³-hybridized carbons (Fsp3) is 0.565. The van der Waals surface area contributed by atoms with E-state index in [1.54, 1.807) is 4.57 Å². The van der Waals surface area contributed by atoms with Crippen molar-refractivity contribution < 1.29 is 23.7 Å². The molecular formula is C23H28N2O6. The van der Waals surface area contributed by atoms with E-state index in [4.69, 9.17) is 23.7 Å². The summed E-state index contributed by atoms with van der Waals surface area (Å²) in [4.78, 5) is 16.7. The van der Waals surface area contributed by atoms with E-state index in [-0.39, 0.29) is 11.8 Å². The van der Waals surface area contributed by atoms with Gasteiger partial charge < -0.3 is 23.7 Å². The summed E-state index contributed by atoms with van der Waals surface area (Å²) in [7, 11) is 0. The molecule has 3 aliphatic rings. The molecule has 0 saturated carbocycles. The van der Waals surface area contributed by atoms with E-state index in [2.05, 4.69) is 11.1 Å². The van der Waals surface area contributed by atoms with Gasteiger partial charge in [0.25, 0.3) is 0 Å². The molecule has 0 bridgehead atoms. The molecule has 8 nitrogen and oxygen atoms in total. The van der Waals surface area contributed by atoms with Crippen molar-refractivity contribution in [1.29, 1.82) is 0 Å². The molecule has 1 aromatic carbocycles. The Balaban J connectivity index is 1.31. The molecule has 1 atom stereocenters. The first kappa shape index (κ1) is 20.5. The third-order valence-electron chi connectivity index (χ3n) is 6.07. The van der Waals surface area contributed by atoms with Crippen LogP contribution in [0.2, 0.25) is 0 Å². The topological polar surface area (TPSA) is 81.0 Å². The Kier molecular flexibility index (Phi) is 6.20. The number of aryl methyl sites for hydroxylation is 1. The number of hydrogen-bond acceptors (Lipinski definition) is 7. The zero-order valence-electron chi connectivity index (χ0n) is 17.6. The second kappa shape index (κ2) is 9.38. The Morgan fingerprint density at radius 1 is 1.03 bits per heavy atom. The molecule has 2 fully saturated rings. The standard InChI is InChI=1S/C23H28N2O6/c26-23-24-22(31-15-19-14-28-9-10-29-19)12-21-20-2-1-18(11-17(20)3-6-25(21)23)30-13-16-4-7-27-8-5-16/h1-2,11-12,16,19H,3-10,13-15H2. The van der Waals surface area contributed by atoms with Gasteiger partial charge in [-0.3, -0.25) is 4.57 Å². The number of aromatic nitrogens is 2. The minimum Gasteiger partial charge on any atom is -0.493 e. The van der Waals surface area contributed by atoms with E-state index in [1.807, 2.05) is 18.2 Å². The summed E-state index contributed by atoms with van der Waals surface area (Å²) < 4.78 is 30.0. The van der Waals surface area contributed by atoms with Crippen molar-refractivity contribution in [2.24, 2.45) is 5.92 Å². The van der Waals surface area contributed by atoms with Gasteiger partial charge in [0.05, 0.1) is 32.1 Å². The van der Waals surface area contributed by atoms with E-state index in [9.17, 15) is 4.79 Å². The average molecular weight is 428 g/mol. The summed E-state index contributed by atoms with van der Waals surface area (Å²) >= 11 is 0. The molecule has 0 spiro atoms. The van der Waals surface area contributed by atoms with E-state index in [0.29, 0.717) is 51.4 Å². The van der Waals surface area contributed by atoms with Gasteiger partial charge in [0, 0.05) is 31.4 Å². The molecule has 0 amide bonds. The van der Waals surface area contributed by atoms with Crippen LogP contribution in [0.1, 0.15) is 18.4 Å². The van der Waals surface area contributed by atoms with Crippen LogP contribution in [0.5, 0.6) is 11.6 Å². The maximum Gasteiger partial charge on any atom is 0.351 e. The van der Waals surface area contributed by atoms with Crippen LogP contribution in [-0.2, 0) is 27.2 Å². The van der Waals surface area contributed by atoms with Gasteiger partial charge in [-0.25, -0.2) is 4.79 Å². The monoisotopic (exact) mass is 428 g/mol. The highest BCUT2D eigenvalue weighted by Crippen LogP contribution is 2.32. The highest BCUT2D eigenvalue weighted by molar-refractivity contribution is 5.67. The van der Waals surface area contributed by atoms with E-state index in [0.717, 1.165) is 49.5 Å². The van der Waals surface area contributed by atoms with Crippen LogP contribution in [0.4, 0.5) is 0 Å². The predicted molar refractivity (Wildman–Crippen MR) is 113 cm³/mol. The minimum absolute atomic E-state index is 0.142. The number of rotatable bonds is 6. The average Bonchev–Trinajstić information content (AvgIpc) is 2.82. The third-order valence-corrected chi connectivity index (χ3v) is 6.07. The van der Waals surface area contributed by atoms with Crippen molar-refractivity contribution in [3.05, 3.63) is 40.3 Å². The van der Waals surface area contributed by atoms with Crippen molar-refractivity contribution in [3.8, 4) is 22.9 Å². The lowest BCUT2D eigenvalue weighted by Gasteiger charge is -2.25. The number of ether oxygens (including phenoxy) is 5. The third kappa shape index (κ3) is 4.76. The van der Waals surface area contributed by atoms with Crippen molar-refractivity contribution in [1.82, 2.24) is 9.55 Å². The summed E-state index contributed by atoms with van der Waals surface area (Å²) in [5.41, 5.74) is 2.73. The lowest BCUT2D eigenvalue weighted by Crippen LogP contribution is -2.34. The summed E-state index contributed by atoms with van der Waals surface area (Å²) in [5.74, 6) is 1.74. The summed E-state index contributed by atoms with van der Waals surface area (Å²) in [5, 5.41) is 0. The van der Waals surface area contributed by atoms with Crippen LogP contribution in [0, 0.1) is 5.92 Å². The van der Waals surface area contributed by atoms with Gasteiger partial charge in [-0.2, -0.15) is 4.98 Å². The van der Waals surface area contributed by atoms with Gasteiger partial charge in [-0.05, 0) is 48.9 Å². The smallest absolute Gasteiger partial charge is 0.351 e. The van der Waals surface area contributed by atoms with E-state index < -0.39 is 0 Å². The molecule has 0 radical (unpaired) electrons. The molecule has 2 aromatic rings. The van der Waals surface area contributed by atoms with Gasteiger partial charge in [-0.15, -0.1) is 0 Å². The Morgan fingerprint density at radius 3 is 2.77 bits per heavy atom. The van der Waals surface area contributed by atoms with Crippen LogP contribution in [0.15, 0.2) is 29.1 Å². The zero-order chi connectivity index (χ0) is 21.0. The Labute approximate surface area is 181 Å². The van der Waals surface area contributed by atoms with Crippen molar-refractivity contribution in [2.45, 2.75) is 31.9 Å². The molecule has 0 aliphatic carbocycles. The quantitative estimate of drug-likeness (QED) is 0.697. The largest absolute Gasteiger partial charge is 0.493 e. The highest BCUT2D eigenvalue weighted by atomic mass is 16.6. The summed E-state index contributed by atoms with van der Waals surface area (Å²) in [6, 6.07) is 7.94. The van der Waals surface area contributed by atoms with Crippen LogP contribution < -0.4 is 15.2 Å². The molecule has 3 aliphatic heterocycles. The molecule has 0 N–H and O–H groups in total. The fourth-order valence-corrected chi connectivity index (χ4v) is 4.29. The van der Waals surface area contributed by atoms with Crippen LogP contribution >= 0.6 is 0 Å². The van der Waals surface area contributed by atoms with Gasteiger partial charge in [0.2, 0.25) is 5.88 Å². The minimum atomic E-state index is -0.293. The SMILES string of the molecule is O=c1nc(OCC2COCCO2)cc2n1CCc1cc(OCC3CCOCC3)ccc1-2. The van der Waals surface area contributed by atoms with Gasteiger partial charge in [-0.1, -0.05) is 0 Å². The normalized spacial score (nSPS) is 21.2. The number of nitrogens with zero attached hydrogens (tertiary/aromatic N) is 2. The lowest BCUT2D eigenvalue weighted by atomic mass is 9.97. The van der Waals surface area contributed by atoms with Crippen LogP contribution in [0.25, 0.3) is 11.3 Å². The summed E-state index contributed by atoms with van der Waals surface area (Å²) in [6.07, 6.45) is 2.73. The van der Waals surface area contributed by atoms with E-state index in [1.165, 1.54) is 5.56 Å². The second-order valence-corrected chi connectivity index (χ2v) is 8.23. The molecule has 2 saturated heterocycles. The van der Waals surface area contributed by atoms with Crippen molar-refractivity contribution in [3.63, 3.8) is 0 Å². The highest BCUT2D eigenvalue weighted by Gasteiger charge is 2.21. The maximum absolute atomic E-state index is 12.6. The maximum atomic E-state index is 12.6. The molecule has 8 heteroatoms. The van der Waals surface area contributed by atoms with Crippen molar-refractivity contribution >= 4 is 0 Å². The molecular weight excluding hydrogens is 400 g/mol. The fourth-order valence-electron chi connectivity index (χ4n) is 4.29. The van der Waals surface area contributed by atoms with Gasteiger partial charge in [0.15, 0.2) is 0 Å². The van der Waals surface area contributed by atoms with Gasteiger partial charge in [0.1, 0.15) is 18.5 Å². The number of benzene rings is 1. The molecule has 1 unspecified atom stereocenters. The predicted octanol–water partition coefficient (Wildman–Crippen LogP) is 2.07. The molecule has 5 rings (SSSR count). The number of hydrogen-bond donors (Lipinski definition) is 0. The van der Waals surface area contributed by atoms with Gasteiger partial charge >= 0.3 is 5.69 Å². The first-order chi connectivity index (χ1) is 15.3. The molecule has 31 heavy (non-hydrogen) atoms. The molecule has 166 valence electrons. The number of fused-ring (bicyclic) bond motifs is 3. The van der Waals surface area contributed by atoms with Crippen molar-refractivity contribution in [2.75, 3.05) is 46.2 Å². The Hall–Kier alpha value is -2.42. The van der Waals surface area contributed by atoms with E-state index >= 15 is 0 Å². The van der Waals surface area contributed by atoms with Crippen LogP contribution in [-0.4, -0.2) is 61.9 Å². The Bertz CT molecular complexity index is 963. The van der Waals surface area contributed by atoms with Crippen LogP contribution in [0.3, 0.4) is 0 Å². The molecule has 1 aromatic heterocycles. The first-order valence-electron chi connectivity index (χ1n) is 11.0. The second-order valence-electron chi connectivity index (χ2n) is 8.23. The summed E-state index contributed by atoms with van der Waals surface area (Å²) in [6.45, 7) is 4.91. The first-order valence-corrected chi connectivity index (χ1v) is 11.0.